The number of nitrogens with zero attached hydrogens (tertiary/aromatic N) is 4. The molecule has 0 spiro atoms. The van der Waals surface area contributed by atoms with Crippen LogP contribution in [0.3, 0.4) is 0 Å². The standard InChI is InChI=1S/C13H13N5O/c1-8-3-4-13(16-15-8)18-12(14)7-11(17-18)10-5-6-19-9(10)2/h3-7H,14H2,1-2H3. The Morgan fingerprint density at radius 2 is 2.00 bits per heavy atom. The van der Waals surface area contributed by atoms with Crippen LogP contribution in [0.1, 0.15) is 11.5 Å². The zero-order valence-electron chi connectivity index (χ0n) is 10.7. The molecule has 0 radical (unpaired) electrons. The van der Waals surface area contributed by atoms with Crippen molar-refractivity contribution in [3.8, 4) is 17.1 Å². The van der Waals surface area contributed by atoms with Gasteiger partial charge >= 0.3 is 0 Å². The molecule has 6 heteroatoms. The van der Waals surface area contributed by atoms with Crippen molar-refractivity contribution in [1.82, 2.24) is 20.0 Å². The van der Waals surface area contributed by atoms with E-state index in [2.05, 4.69) is 15.3 Å². The van der Waals surface area contributed by atoms with Gasteiger partial charge in [-0.3, -0.25) is 0 Å². The van der Waals surface area contributed by atoms with Crippen molar-refractivity contribution < 1.29 is 4.42 Å². The molecule has 3 aromatic rings. The van der Waals surface area contributed by atoms with Crippen LogP contribution in [-0.4, -0.2) is 20.0 Å². The first kappa shape index (κ1) is 11.5. The summed E-state index contributed by atoms with van der Waals surface area (Å²) in [6, 6.07) is 7.35. The van der Waals surface area contributed by atoms with Gasteiger partial charge in [-0.1, -0.05) is 0 Å². The lowest BCUT2D eigenvalue weighted by Gasteiger charge is -2.01. The number of furan rings is 1. The van der Waals surface area contributed by atoms with E-state index in [0.29, 0.717) is 11.6 Å². The molecule has 0 atom stereocenters. The molecule has 0 aliphatic rings. The van der Waals surface area contributed by atoms with Crippen LogP contribution in [-0.2, 0) is 0 Å². The number of rotatable bonds is 2. The largest absolute Gasteiger partial charge is 0.469 e. The summed E-state index contributed by atoms with van der Waals surface area (Å²) in [5, 5.41) is 12.5. The van der Waals surface area contributed by atoms with Crippen molar-refractivity contribution in [3.05, 3.63) is 42.0 Å². The van der Waals surface area contributed by atoms with Gasteiger partial charge in [-0.2, -0.15) is 14.9 Å². The Labute approximate surface area is 109 Å². The van der Waals surface area contributed by atoms with Crippen LogP contribution in [0, 0.1) is 13.8 Å². The van der Waals surface area contributed by atoms with Crippen LogP contribution in [0.2, 0.25) is 0 Å². The van der Waals surface area contributed by atoms with E-state index in [1.807, 2.05) is 32.0 Å². The molecule has 3 heterocycles. The molecule has 3 rings (SSSR count). The monoisotopic (exact) mass is 255 g/mol. The molecule has 3 aromatic heterocycles. The summed E-state index contributed by atoms with van der Waals surface area (Å²) in [6.45, 7) is 3.76. The Balaban J connectivity index is 2.07. The highest BCUT2D eigenvalue weighted by molar-refractivity contribution is 5.64. The minimum atomic E-state index is 0.508. The second-order valence-corrected chi connectivity index (χ2v) is 4.29. The molecule has 0 unspecified atom stereocenters. The smallest absolute Gasteiger partial charge is 0.178 e. The Kier molecular flexibility index (Phi) is 2.56. The lowest BCUT2D eigenvalue weighted by atomic mass is 10.2. The molecule has 0 aliphatic heterocycles. The third kappa shape index (κ3) is 1.97. The van der Waals surface area contributed by atoms with Gasteiger partial charge in [-0.15, -0.1) is 5.10 Å². The molecule has 0 aromatic carbocycles. The van der Waals surface area contributed by atoms with Crippen molar-refractivity contribution in [1.29, 1.82) is 0 Å². The van der Waals surface area contributed by atoms with E-state index in [0.717, 1.165) is 22.7 Å². The summed E-state index contributed by atoms with van der Waals surface area (Å²) >= 11 is 0. The van der Waals surface area contributed by atoms with Gasteiger partial charge in [0.05, 0.1) is 17.7 Å². The number of hydrogen-bond donors (Lipinski definition) is 1. The third-order valence-electron chi connectivity index (χ3n) is 2.87. The van der Waals surface area contributed by atoms with E-state index in [1.54, 1.807) is 17.0 Å². The number of nitrogens with two attached hydrogens (primary N) is 1. The maximum Gasteiger partial charge on any atom is 0.178 e. The predicted molar refractivity (Wildman–Crippen MR) is 70.7 cm³/mol. The second kappa shape index (κ2) is 4.24. The van der Waals surface area contributed by atoms with Crippen molar-refractivity contribution in [3.63, 3.8) is 0 Å². The Morgan fingerprint density at radius 1 is 1.16 bits per heavy atom. The highest BCUT2D eigenvalue weighted by atomic mass is 16.3. The summed E-state index contributed by atoms with van der Waals surface area (Å²) < 4.78 is 6.84. The van der Waals surface area contributed by atoms with Gasteiger partial charge in [-0.05, 0) is 32.0 Å². The number of aryl methyl sites for hydroxylation is 2. The van der Waals surface area contributed by atoms with Gasteiger partial charge in [0.25, 0.3) is 0 Å². The predicted octanol–water partition coefficient (Wildman–Crippen LogP) is 2.12. The molecule has 0 bridgehead atoms. The molecule has 96 valence electrons. The highest BCUT2D eigenvalue weighted by Gasteiger charge is 2.13. The molecule has 19 heavy (non-hydrogen) atoms. The fraction of sp³-hybridized carbons (Fsp3) is 0.154. The van der Waals surface area contributed by atoms with Gasteiger partial charge in [-0.25, -0.2) is 0 Å². The van der Waals surface area contributed by atoms with E-state index < -0.39 is 0 Å². The van der Waals surface area contributed by atoms with E-state index >= 15 is 0 Å². The van der Waals surface area contributed by atoms with Crippen LogP contribution >= 0.6 is 0 Å². The summed E-state index contributed by atoms with van der Waals surface area (Å²) in [7, 11) is 0. The van der Waals surface area contributed by atoms with E-state index in [1.165, 1.54) is 0 Å². The van der Waals surface area contributed by atoms with E-state index in [4.69, 9.17) is 10.2 Å². The minimum Gasteiger partial charge on any atom is -0.469 e. The second-order valence-electron chi connectivity index (χ2n) is 4.29. The zero-order chi connectivity index (χ0) is 13.4. The Bertz CT molecular complexity index is 711. The Morgan fingerprint density at radius 3 is 2.63 bits per heavy atom. The summed E-state index contributed by atoms with van der Waals surface area (Å²) in [6.07, 6.45) is 1.63. The molecule has 0 fully saturated rings. The fourth-order valence-corrected chi connectivity index (χ4v) is 1.87. The fourth-order valence-electron chi connectivity index (χ4n) is 1.87. The van der Waals surface area contributed by atoms with Crippen LogP contribution in [0.15, 0.2) is 34.9 Å². The first-order chi connectivity index (χ1) is 9.15. The third-order valence-corrected chi connectivity index (χ3v) is 2.87. The van der Waals surface area contributed by atoms with Crippen molar-refractivity contribution in [2.24, 2.45) is 0 Å². The number of hydrogen-bond acceptors (Lipinski definition) is 5. The molecule has 2 N–H and O–H groups in total. The maximum absolute atomic E-state index is 5.97. The van der Waals surface area contributed by atoms with Crippen LogP contribution in [0.25, 0.3) is 17.1 Å². The van der Waals surface area contributed by atoms with Crippen LogP contribution in [0.4, 0.5) is 5.82 Å². The Hall–Kier alpha value is -2.63. The normalized spacial score (nSPS) is 10.8. The van der Waals surface area contributed by atoms with Crippen molar-refractivity contribution in [2.75, 3.05) is 5.73 Å². The number of aromatic nitrogens is 4. The molecule has 0 saturated heterocycles. The first-order valence-corrected chi connectivity index (χ1v) is 5.86. The average molecular weight is 255 g/mol. The van der Waals surface area contributed by atoms with Crippen molar-refractivity contribution in [2.45, 2.75) is 13.8 Å². The molecular weight excluding hydrogens is 242 g/mol. The summed E-state index contributed by atoms with van der Waals surface area (Å²) in [4.78, 5) is 0. The van der Waals surface area contributed by atoms with Gasteiger partial charge in [0, 0.05) is 11.6 Å². The lowest BCUT2D eigenvalue weighted by Crippen LogP contribution is -2.05. The van der Waals surface area contributed by atoms with Crippen LogP contribution in [0.5, 0.6) is 0 Å². The minimum absolute atomic E-state index is 0.508. The number of anilines is 1. The molecule has 6 nitrogen and oxygen atoms in total. The van der Waals surface area contributed by atoms with Gasteiger partial charge in [0.15, 0.2) is 5.82 Å². The SMILES string of the molecule is Cc1ccc(-n2nc(-c3ccoc3C)cc2N)nn1. The van der Waals surface area contributed by atoms with E-state index in [9.17, 15) is 0 Å². The van der Waals surface area contributed by atoms with Crippen molar-refractivity contribution >= 4 is 5.82 Å². The molecule has 0 amide bonds. The summed E-state index contributed by atoms with van der Waals surface area (Å²) in [5.74, 6) is 1.91. The van der Waals surface area contributed by atoms with E-state index in [-0.39, 0.29) is 0 Å². The van der Waals surface area contributed by atoms with Crippen LogP contribution < -0.4 is 5.73 Å². The average Bonchev–Trinajstić information content (AvgIpc) is 2.96. The molecule has 0 aliphatic carbocycles. The topological polar surface area (TPSA) is 82.8 Å². The molecular formula is C13H13N5O. The highest BCUT2D eigenvalue weighted by Crippen LogP contribution is 2.25. The maximum atomic E-state index is 5.97. The van der Waals surface area contributed by atoms with Gasteiger partial charge in [0.2, 0.25) is 0 Å². The quantitative estimate of drug-likeness (QED) is 0.758. The first-order valence-electron chi connectivity index (χ1n) is 5.86. The number of nitrogen functional groups attached to an aromatic ring is 1. The van der Waals surface area contributed by atoms with Gasteiger partial charge in [0.1, 0.15) is 11.6 Å². The lowest BCUT2D eigenvalue weighted by molar-refractivity contribution is 0.535. The molecule has 0 saturated carbocycles. The van der Waals surface area contributed by atoms with Gasteiger partial charge < -0.3 is 10.2 Å². The zero-order valence-corrected chi connectivity index (χ0v) is 10.7. The summed E-state index contributed by atoms with van der Waals surface area (Å²) in [5.41, 5.74) is 8.49.